The molecule has 1 amide bonds. The number of ether oxygens (including phenoxy) is 1. The molecule has 0 fully saturated rings. The molecule has 0 heterocycles. The van der Waals surface area contributed by atoms with Gasteiger partial charge in [-0.05, 0) is 25.6 Å². The highest BCUT2D eigenvalue weighted by molar-refractivity contribution is 5.78. The van der Waals surface area contributed by atoms with Crippen LogP contribution < -0.4 is 15.4 Å². The lowest BCUT2D eigenvalue weighted by Gasteiger charge is -2.16. The Hall–Kier alpha value is -1.76. The van der Waals surface area contributed by atoms with Crippen LogP contribution >= 0.6 is 0 Å². The summed E-state index contributed by atoms with van der Waals surface area (Å²) in [6, 6.07) is 4.95. The van der Waals surface area contributed by atoms with E-state index in [4.69, 9.17) is 4.74 Å². The van der Waals surface area contributed by atoms with E-state index in [1.165, 1.54) is 6.07 Å². The molecule has 1 rings (SSSR count). The van der Waals surface area contributed by atoms with Crippen LogP contribution in [0.25, 0.3) is 0 Å². The first-order chi connectivity index (χ1) is 10.2. The van der Waals surface area contributed by atoms with Crippen LogP contribution in [0.15, 0.2) is 18.2 Å². The number of hydrogen-bond donors (Lipinski definition) is 2. The molecule has 124 valence electrons. The monoisotopic (exact) mass is 318 g/mol. The van der Waals surface area contributed by atoms with E-state index >= 15 is 0 Å². The third-order valence-electron chi connectivity index (χ3n) is 3.02. The summed E-state index contributed by atoms with van der Waals surface area (Å²) >= 11 is 0. The van der Waals surface area contributed by atoms with Crippen molar-refractivity contribution in [2.45, 2.75) is 26.6 Å². The zero-order chi connectivity index (χ0) is 16.8. The van der Waals surface area contributed by atoms with E-state index in [-0.39, 0.29) is 24.1 Å². The van der Waals surface area contributed by atoms with Gasteiger partial charge in [0.15, 0.2) is 6.61 Å². The van der Waals surface area contributed by atoms with Crippen LogP contribution in [0.3, 0.4) is 0 Å². The van der Waals surface area contributed by atoms with Crippen molar-refractivity contribution in [1.29, 1.82) is 0 Å². The van der Waals surface area contributed by atoms with Gasteiger partial charge in [-0.2, -0.15) is 13.2 Å². The quantitative estimate of drug-likeness (QED) is 0.812. The highest BCUT2D eigenvalue weighted by Crippen LogP contribution is 2.23. The van der Waals surface area contributed by atoms with E-state index < -0.39 is 12.8 Å². The Bertz CT molecular complexity index is 504. The van der Waals surface area contributed by atoms with Crippen LogP contribution in [0, 0.1) is 12.8 Å². The Balaban J connectivity index is 2.71. The standard InChI is InChI=1S/C15H21F3N2O2/c1-10-4-5-12(8-20-14(21)11(2)7-19-3)13(6-10)22-9-15(16,17)18/h4-6,11,19H,7-9H2,1-3H3,(H,20,21). The van der Waals surface area contributed by atoms with Crippen LogP contribution in [0.2, 0.25) is 0 Å². The van der Waals surface area contributed by atoms with Crippen LogP contribution in [0.5, 0.6) is 5.75 Å². The maximum absolute atomic E-state index is 12.3. The highest BCUT2D eigenvalue weighted by atomic mass is 19.4. The summed E-state index contributed by atoms with van der Waals surface area (Å²) in [5.41, 5.74) is 1.30. The molecule has 0 spiro atoms. The van der Waals surface area contributed by atoms with Crippen molar-refractivity contribution in [3.8, 4) is 5.75 Å². The molecule has 1 unspecified atom stereocenters. The summed E-state index contributed by atoms with van der Waals surface area (Å²) < 4.78 is 41.7. The second kappa shape index (κ2) is 8.03. The molecule has 0 aliphatic carbocycles. The highest BCUT2D eigenvalue weighted by Gasteiger charge is 2.28. The fraction of sp³-hybridized carbons (Fsp3) is 0.533. The number of hydrogen-bond acceptors (Lipinski definition) is 3. The normalized spacial score (nSPS) is 12.8. The van der Waals surface area contributed by atoms with E-state index in [1.807, 2.05) is 0 Å². The SMILES string of the molecule is CNCC(C)C(=O)NCc1ccc(C)cc1OCC(F)(F)F. The minimum atomic E-state index is -4.40. The molecule has 22 heavy (non-hydrogen) atoms. The van der Waals surface area contributed by atoms with Crippen LogP contribution in [0.1, 0.15) is 18.1 Å². The van der Waals surface area contributed by atoms with Gasteiger partial charge in [-0.15, -0.1) is 0 Å². The molecular weight excluding hydrogens is 297 g/mol. The lowest BCUT2D eigenvalue weighted by atomic mass is 10.1. The molecule has 0 radical (unpaired) electrons. The number of carbonyl (C=O) groups is 1. The van der Waals surface area contributed by atoms with Gasteiger partial charge in [0.25, 0.3) is 0 Å². The van der Waals surface area contributed by atoms with E-state index in [0.717, 1.165) is 5.56 Å². The number of halogens is 3. The smallest absolute Gasteiger partial charge is 0.422 e. The van der Waals surface area contributed by atoms with Gasteiger partial charge in [0.05, 0.1) is 0 Å². The van der Waals surface area contributed by atoms with Crippen molar-refractivity contribution in [2.75, 3.05) is 20.2 Å². The van der Waals surface area contributed by atoms with Crippen molar-refractivity contribution in [3.63, 3.8) is 0 Å². The Kier molecular flexibility index (Phi) is 6.67. The molecule has 0 aliphatic heterocycles. The van der Waals surface area contributed by atoms with Gasteiger partial charge in [-0.3, -0.25) is 4.79 Å². The number of amides is 1. The topological polar surface area (TPSA) is 50.4 Å². The predicted molar refractivity (Wildman–Crippen MR) is 77.7 cm³/mol. The molecule has 1 aromatic rings. The third-order valence-corrected chi connectivity index (χ3v) is 3.02. The summed E-state index contributed by atoms with van der Waals surface area (Å²) in [7, 11) is 1.74. The number of alkyl halides is 3. The molecule has 0 saturated carbocycles. The van der Waals surface area contributed by atoms with Crippen LogP contribution in [-0.4, -0.2) is 32.3 Å². The first kappa shape index (κ1) is 18.3. The van der Waals surface area contributed by atoms with Gasteiger partial charge in [0.1, 0.15) is 5.75 Å². The Morgan fingerprint density at radius 2 is 2.05 bits per heavy atom. The second-order valence-electron chi connectivity index (χ2n) is 5.19. The molecule has 4 nitrogen and oxygen atoms in total. The average Bonchev–Trinajstić information content (AvgIpc) is 2.43. The summed E-state index contributed by atoms with van der Waals surface area (Å²) in [6.45, 7) is 2.82. The van der Waals surface area contributed by atoms with Crippen molar-refractivity contribution >= 4 is 5.91 Å². The third kappa shape index (κ3) is 6.34. The molecule has 7 heteroatoms. The second-order valence-corrected chi connectivity index (χ2v) is 5.19. The minimum absolute atomic E-state index is 0.125. The van der Waals surface area contributed by atoms with Gasteiger partial charge < -0.3 is 15.4 Å². The van der Waals surface area contributed by atoms with Crippen molar-refractivity contribution in [1.82, 2.24) is 10.6 Å². The molecule has 1 aromatic carbocycles. The van der Waals surface area contributed by atoms with Gasteiger partial charge in [-0.1, -0.05) is 19.1 Å². The Morgan fingerprint density at radius 3 is 2.64 bits per heavy atom. The Morgan fingerprint density at radius 1 is 1.36 bits per heavy atom. The van der Waals surface area contributed by atoms with Crippen molar-refractivity contribution < 1.29 is 22.7 Å². The lowest BCUT2D eigenvalue weighted by Crippen LogP contribution is -2.34. The molecule has 0 aromatic heterocycles. The fourth-order valence-corrected chi connectivity index (χ4v) is 1.86. The molecule has 1 atom stereocenters. The van der Waals surface area contributed by atoms with Gasteiger partial charge in [-0.25, -0.2) is 0 Å². The van der Waals surface area contributed by atoms with Crippen LogP contribution in [-0.2, 0) is 11.3 Å². The molecule has 0 saturated heterocycles. The maximum Gasteiger partial charge on any atom is 0.422 e. The Labute approximate surface area is 128 Å². The van der Waals surface area contributed by atoms with Gasteiger partial charge >= 0.3 is 6.18 Å². The molecular formula is C15H21F3N2O2. The van der Waals surface area contributed by atoms with Crippen LogP contribution in [0.4, 0.5) is 13.2 Å². The van der Waals surface area contributed by atoms with Gasteiger partial charge in [0, 0.05) is 24.6 Å². The lowest BCUT2D eigenvalue weighted by molar-refractivity contribution is -0.153. The largest absolute Gasteiger partial charge is 0.484 e. The van der Waals surface area contributed by atoms with E-state index in [0.29, 0.717) is 12.1 Å². The number of benzene rings is 1. The number of nitrogens with one attached hydrogen (secondary N) is 2. The summed E-state index contributed by atoms with van der Waals surface area (Å²) in [4.78, 5) is 11.8. The number of aryl methyl sites for hydroxylation is 1. The summed E-state index contributed by atoms with van der Waals surface area (Å²) in [6.07, 6.45) is -4.40. The van der Waals surface area contributed by atoms with Gasteiger partial charge in [0.2, 0.25) is 5.91 Å². The first-order valence-electron chi connectivity index (χ1n) is 6.94. The molecule has 2 N–H and O–H groups in total. The predicted octanol–water partition coefficient (Wildman–Crippen LogP) is 2.41. The minimum Gasteiger partial charge on any atom is -0.484 e. The van der Waals surface area contributed by atoms with E-state index in [9.17, 15) is 18.0 Å². The first-order valence-corrected chi connectivity index (χ1v) is 6.94. The number of carbonyl (C=O) groups excluding carboxylic acids is 1. The summed E-state index contributed by atoms with van der Waals surface area (Å²) in [5, 5.41) is 5.59. The fourth-order valence-electron chi connectivity index (χ4n) is 1.86. The van der Waals surface area contributed by atoms with E-state index in [1.54, 1.807) is 33.0 Å². The zero-order valence-corrected chi connectivity index (χ0v) is 12.9. The maximum atomic E-state index is 12.3. The molecule has 0 aliphatic rings. The number of rotatable bonds is 7. The van der Waals surface area contributed by atoms with E-state index in [2.05, 4.69) is 10.6 Å². The van der Waals surface area contributed by atoms with Crippen molar-refractivity contribution in [2.24, 2.45) is 5.92 Å². The molecule has 0 bridgehead atoms. The average molecular weight is 318 g/mol. The zero-order valence-electron chi connectivity index (χ0n) is 12.9. The summed E-state index contributed by atoms with van der Waals surface area (Å²) in [5.74, 6) is -0.259. The van der Waals surface area contributed by atoms with Crippen molar-refractivity contribution in [3.05, 3.63) is 29.3 Å².